The predicted octanol–water partition coefficient (Wildman–Crippen LogP) is 1.98. The quantitative estimate of drug-likeness (QED) is 0.914. The van der Waals surface area contributed by atoms with Crippen LogP contribution in [0.1, 0.15) is 21.5 Å². The minimum Gasteiger partial charge on any atom is -0.472 e. The maximum absolute atomic E-state index is 12.0. The second-order valence-electron chi connectivity index (χ2n) is 4.93. The third kappa shape index (κ3) is 4.21. The van der Waals surface area contributed by atoms with Crippen LogP contribution in [0.3, 0.4) is 0 Å². The summed E-state index contributed by atoms with van der Waals surface area (Å²) in [4.78, 5) is 25.2. The molecule has 0 saturated heterocycles. The largest absolute Gasteiger partial charge is 0.472 e. The average molecular weight is 286 g/mol. The molecule has 0 spiro atoms. The van der Waals surface area contributed by atoms with Gasteiger partial charge in [-0.15, -0.1) is 0 Å². The Labute approximate surface area is 123 Å². The number of likely N-dealkylation sites (N-methyl/N-ethyl adjacent to an activating group) is 1. The number of benzene rings is 1. The van der Waals surface area contributed by atoms with Gasteiger partial charge in [-0.25, -0.2) is 0 Å². The number of aryl methyl sites for hydroxylation is 1. The van der Waals surface area contributed by atoms with Crippen LogP contribution in [0, 0.1) is 6.92 Å². The number of nitrogens with zero attached hydrogens (tertiary/aromatic N) is 1. The number of hydrogen-bond acceptors (Lipinski definition) is 3. The first-order valence-electron chi connectivity index (χ1n) is 6.66. The molecule has 0 radical (unpaired) electrons. The molecule has 1 N–H and O–H groups in total. The van der Waals surface area contributed by atoms with Crippen LogP contribution >= 0.6 is 0 Å². The minimum absolute atomic E-state index is 0.0353. The number of carbonyl (C=O) groups excluding carboxylic acids is 2. The van der Waals surface area contributed by atoms with Crippen LogP contribution in [0.25, 0.3) is 0 Å². The van der Waals surface area contributed by atoms with Gasteiger partial charge in [0.25, 0.3) is 5.91 Å². The minimum atomic E-state index is -0.319. The molecule has 0 unspecified atom stereocenters. The van der Waals surface area contributed by atoms with E-state index in [0.29, 0.717) is 12.1 Å². The number of amides is 2. The molecule has 5 nitrogen and oxygen atoms in total. The number of rotatable bonds is 5. The summed E-state index contributed by atoms with van der Waals surface area (Å²) >= 11 is 0. The zero-order valence-corrected chi connectivity index (χ0v) is 12.1. The van der Waals surface area contributed by atoms with Crippen molar-refractivity contribution in [1.29, 1.82) is 0 Å². The Morgan fingerprint density at radius 1 is 1.19 bits per heavy atom. The molecule has 0 aliphatic heterocycles. The Bertz CT molecular complexity index is 603. The maximum atomic E-state index is 12.0. The number of hydrogen-bond donors (Lipinski definition) is 1. The Hall–Kier alpha value is -2.56. The smallest absolute Gasteiger partial charge is 0.254 e. The summed E-state index contributed by atoms with van der Waals surface area (Å²) in [7, 11) is 1.71. The zero-order chi connectivity index (χ0) is 15.2. The van der Waals surface area contributed by atoms with Crippen molar-refractivity contribution in [2.24, 2.45) is 0 Å². The van der Waals surface area contributed by atoms with Crippen molar-refractivity contribution in [3.05, 3.63) is 59.5 Å². The first-order chi connectivity index (χ1) is 10.1. The number of nitrogens with one attached hydrogen (secondary N) is 1. The molecule has 1 aromatic heterocycles. The van der Waals surface area contributed by atoms with E-state index in [1.165, 1.54) is 18.1 Å². The highest BCUT2D eigenvalue weighted by molar-refractivity contribution is 5.96. The SMILES string of the molecule is Cc1ccc(CN(C)C(=O)CNC(=O)c2ccoc2)cc1. The summed E-state index contributed by atoms with van der Waals surface area (Å²) in [5.41, 5.74) is 2.64. The van der Waals surface area contributed by atoms with Gasteiger partial charge in [0.1, 0.15) is 6.26 Å². The van der Waals surface area contributed by atoms with Crippen molar-refractivity contribution >= 4 is 11.8 Å². The van der Waals surface area contributed by atoms with Crippen molar-refractivity contribution in [2.45, 2.75) is 13.5 Å². The van der Waals surface area contributed by atoms with E-state index >= 15 is 0 Å². The predicted molar refractivity (Wildman–Crippen MR) is 78.7 cm³/mol. The van der Waals surface area contributed by atoms with Crippen LogP contribution in [-0.4, -0.2) is 30.3 Å². The highest BCUT2D eigenvalue weighted by Gasteiger charge is 2.12. The molecule has 21 heavy (non-hydrogen) atoms. The molecule has 0 bridgehead atoms. The van der Waals surface area contributed by atoms with Gasteiger partial charge in [0.05, 0.1) is 18.4 Å². The lowest BCUT2D eigenvalue weighted by Crippen LogP contribution is -2.37. The van der Waals surface area contributed by atoms with E-state index in [2.05, 4.69) is 5.32 Å². The molecule has 0 aliphatic carbocycles. The van der Waals surface area contributed by atoms with Crippen molar-refractivity contribution in [2.75, 3.05) is 13.6 Å². The monoisotopic (exact) mass is 286 g/mol. The second kappa shape index (κ2) is 6.74. The molecule has 0 aliphatic rings. The number of furan rings is 1. The Morgan fingerprint density at radius 3 is 2.52 bits per heavy atom. The van der Waals surface area contributed by atoms with E-state index in [4.69, 9.17) is 4.42 Å². The molecule has 2 rings (SSSR count). The molecule has 5 heteroatoms. The fourth-order valence-electron chi connectivity index (χ4n) is 1.84. The van der Waals surface area contributed by atoms with Crippen molar-refractivity contribution in [3.8, 4) is 0 Å². The summed E-state index contributed by atoms with van der Waals surface area (Å²) in [5, 5.41) is 2.57. The van der Waals surface area contributed by atoms with Gasteiger partial charge in [0.15, 0.2) is 0 Å². The Balaban J connectivity index is 1.82. The van der Waals surface area contributed by atoms with Crippen LogP contribution in [0.2, 0.25) is 0 Å². The number of carbonyl (C=O) groups is 2. The van der Waals surface area contributed by atoms with Gasteiger partial charge in [-0.1, -0.05) is 29.8 Å². The molecule has 110 valence electrons. The van der Waals surface area contributed by atoms with E-state index < -0.39 is 0 Å². The highest BCUT2D eigenvalue weighted by Crippen LogP contribution is 2.06. The van der Waals surface area contributed by atoms with Gasteiger partial charge in [0.2, 0.25) is 5.91 Å². The normalized spacial score (nSPS) is 10.2. The topological polar surface area (TPSA) is 62.6 Å². The van der Waals surface area contributed by atoms with Crippen molar-refractivity contribution in [1.82, 2.24) is 10.2 Å². The van der Waals surface area contributed by atoms with Crippen LogP contribution in [-0.2, 0) is 11.3 Å². The third-order valence-electron chi connectivity index (χ3n) is 3.15. The van der Waals surface area contributed by atoms with Crippen molar-refractivity contribution in [3.63, 3.8) is 0 Å². The summed E-state index contributed by atoms with van der Waals surface area (Å²) in [6.45, 7) is 2.50. The molecule has 0 atom stereocenters. The fraction of sp³-hybridized carbons (Fsp3) is 0.250. The molecule has 0 saturated carbocycles. The van der Waals surface area contributed by atoms with E-state index in [1.54, 1.807) is 18.0 Å². The van der Waals surface area contributed by atoms with Gasteiger partial charge in [0, 0.05) is 13.6 Å². The molecular weight excluding hydrogens is 268 g/mol. The second-order valence-corrected chi connectivity index (χ2v) is 4.93. The highest BCUT2D eigenvalue weighted by atomic mass is 16.3. The first kappa shape index (κ1) is 14.8. The van der Waals surface area contributed by atoms with E-state index in [0.717, 1.165) is 5.56 Å². The lowest BCUT2D eigenvalue weighted by atomic mass is 10.1. The molecule has 2 aromatic rings. The Kier molecular flexibility index (Phi) is 4.77. The van der Waals surface area contributed by atoms with Crippen LogP contribution < -0.4 is 5.32 Å². The van der Waals surface area contributed by atoms with Gasteiger partial charge in [-0.05, 0) is 18.6 Å². The molecule has 0 fully saturated rings. The maximum Gasteiger partial charge on any atom is 0.254 e. The lowest BCUT2D eigenvalue weighted by molar-refractivity contribution is -0.129. The Morgan fingerprint density at radius 2 is 1.90 bits per heavy atom. The van der Waals surface area contributed by atoms with E-state index in [1.807, 2.05) is 31.2 Å². The van der Waals surface area contributed by atoms with E-state index in [-0.39, 0.29) is 18.4 Å². The fourth-order valence-corrected chi connectivity index (χ4v) is 1.84. The summed E-state index contributed by atoms with van der Waals surface area (Å²) in [6.07, 6.45) is 2.76. The standard InChI is InChI=1S/C16H18N2O3/c1-12-3-5-13(6-4-12)10-18(2)15(19)9-17-16(20)14-7-8-21-11-14/h3-8,11H,9-10H2,1-2H3,(H,17,20). The van der Waals surface area contributed by atoms with Gasteiger partial charge in [-0.2, -0.15) is 0 Å². The van der Waals surface area contributed by atoms with Crippen LogP contribution in [0.4, 0.5) is 0 Å². The summed E-state index contributed by atoms with van der Waals surface area (Å²) in [6, 6.07) is 9.55. The summed E-state index contributed by atoms with van der Waals surface area (Å²) in [5.74, 6) is -0.465. The molecule has 2 amide bonds. The first-order valence-corrected chi connectivity index (χ1v) is 6.66. The lowest BCUT2D eigenvalue weighted by Gasteiger charge is -2.17. The van der Waals surface area contributed by atoms with E-state index in [9.17, 15) is 9.59 Å². The zero-order valence-electron chi connectivity index (χ0n) is 12.1. The molecule has 1 heterocycles. The summed E-state index contributed by atoms with van der Waals surface area (Å²) < 4.78 is 4.82. The van der Waals surface area contributed by atoms with Crippen LogP contribution in [0.5, 0.6) is 0 Å². The van der Waals surface area contributed by atoms with Crippen LogP contribution in [0.15, 0.2) is 47.3 Å². The average Bonchev–Trinajstić information content (AvgIpc) is 3.01. The third-order valence-corrected chi connectivity index (χ3v) is 3.15. The van der Waals surface area contributed by atoms with Crippen molar-refractivity contribution < 1.29 is 14.0 Å². The molecular formula is C16H18N2O3. The van der Waals surface area contributed by atoms with Gasteiger partial charge >= 0.3 is 0 Å². The molecule has 1 aromatic carbocycles. The van der Waals surface area contributed by atoms with Gasteiger partial charge < -0.3 is 14.6 Å². The van der Waals surface area contributed by atoms with Gasteiger partial charge in [-0.3, -0.25) is 9.59 Å².